The predicted molar refractivity (Wildman–Crippen MR) is 115 cm³/mol. The molecule has 1 aliphatic heterocycles. The van der Waals surface area contributed by atoms with Crippen molar-refractivity contribution in [3.8, 4) is 0 Å². The zero-order valence-corrected chi connectivity index (χ0v) is 18.4. The van der Waals surface area contributed by atoms with Gasteiger partial charge < -0.3 is 15.2 Å². The molecular formula is C21H32N4O2S. The number of hydrogen-bond acceptors (Lipinski definition) is 5. The first-order chi connectivity index (χ1) is 13.2. The molecule has 2 aromatic rings. The van der Waals surface area contributed by atoms with Gasteiger partial charge in [0.05, 0.1) is 5.39 Å². The number of aromatic nitrogens is 2. The molecule has 0 aromatic carbocycles. The van der Waals surface area contributed by atoms with E-state index in [4.69, 9.17) is 0 Å². The number of carbonyl (C=O) groups is 1. The van der Waals surface area contributed by atoms with Gasteiger partial charge in [0.25, 0.3) is 5.56 Å². The molecule has 0 bridgehead atoms. The van der Waals surface area contributed by atoms with Crippen molar-refractivity contribution in [3.05, 3.63) is 26.6 Å². The molecule has 2 N–H and O–H groups in total. The molecule has 7 heteroatoms. The van der Waals surface area contributed by atoms with E-state index < -0.39 is 0 Å². The van der Waals surface area contributed by atoms with Crippen molar-refractivity contribution >= 4 is 27.5 Å². The van der Waals surface area contributed by atoms with Crippen molar-refractivity contribution in [1.82, 2.24) is 20.2 Å². The van der Waals surface area contributed by atoms with Crippen LogP contribution >= 0.6 is 11.3 Å². The first-order valence-electron chi connectivity index (χ1n) is 10.2. The summed E-state index contributed by atoms with van der Waals surface area (Å²) < 4.78 is 0. The molecule has 3 atom stereocenters. The molecule has 0 spiro atoms. The van der Waals surface area contributed by atoms with Crippen LogP contribution in [0.4, 0.5) is 0 Å². The fourth-order valence-electron chi connectivity index (χ4n) is 4.37. The summed E-state index contributed by atoms with van der Waals surface area (Å²) in [4.78, 5) is 36.4. The summed E-state index contributed by atoms with van der Waals surface area (Å²) in [5.41, 5.74) is 0.886. The highest BCUT2D eigenvalue weighted by molar-refractivity contribution is 7.18. The quantitative estimate of drug-likeness (QED) is 0.776. The van der Waals surface area contributed by atoms with Gasteiger partial charge in [-0.3, -0.25) is 9.59 Å². The molecule has 1 saturated heterocycles. The number of aryl methyl sites for hydroxylation is 3. The molecule has 2 aromatic heterocycles. The standard InChI is InChI=1S/C21H32N4O2S/c1-12-8-13(2)10-25(9-12)11-14(3)22-18(26)7-6-17-23-20(27)19-15(4)16(5)28-21(19)24-17/h12-14H,6-11H2,1-5H3,(H,22,26)(H,23,24,27). The van der Waals surface area contributed by atoms with Crippen LogP contribution in [0.3, 0.4) is 0 Å². The number of rotatable bonds is 6. The maximum atomic E-state index is 12.4. The first kappa shape index (κ1) is 21.0. The Hall–Kier alpha value is -1.73. The van der Waals surface area contributed by atoms with E-state index in [0.717, 1.165) is 34.9 Å². The lowest BCUT2D eigenvalue weighted by molar-refractivity contribution is -0.121. The lowest BCUT2D eigenvalue weighted by Gasteiger charge is -2.36. The van der Waals surface area contributed by atoms with Crippen LogP contribution in [0, 0.1) is 25.7 Å². The minimum absolute atomic E-state index is 0.00638. The molecule has 28 heavy (non-hydrogen) atoms. The second-order valence-electron chi connectivity index (χ2n) is 8.61. The monoisotopic (exact) mass is 404 g/mol. The van der Waals surface area contributed by atoms with Gasteiger partial charge in [-0.25, -0.2) is 4.98 Å². The van der Waals surface area contributed by atoms with Crippen LogP contribution in [0.2, 0.25) is 0 Å². The van der Waals surface area contributed by atoms with Gasteiger partial charge in [-0.2, -0.15) is 0 Å². The molecule has 0 radical (unpaired) electrons. The number of fused-ring (bicyclic) bond motifs is 1. The molecule has 3 unspecified atom stereocenters. The summed E-state index contributed by atoms with van der Waals surface area (Å²) in [6, 6.07) is 0.113. The largest absolute Gasteiger partial charge is 0.352 e. The minimum Gasteiger partial charge on any atom is -0.352 e. The normalized spacial score (nSPS) is 21.8. The van der Waals surface area contributed by atoms with Crippen molar-refractivity contribution in [3.63, 3.8) is 0 Å². The van der Waals surface area contributed by atoms with Crippen molar-refractivity contribution in [2.24, 2.45) is 11.8 Å². The fraction of sp³-hybridized carbons (Fsp3) is 0.667. The van der Waals surface area contributed by atoms with Crippen molar-refractivity contribution in [2.75, 3.05) is 19.6 Å². The van der Waals surface area contributed by atoms with Crippen molar-refractivity contribution < 1.29 is 4.79 Å². The Labute approximate surface area is 170 Å². The highest BCUT2D eigenvalue weighted by Gasteiger charge is 2.23. The van der Waals surface area contributed by atoms with E-state index in [-0.39, 0.29) is 17.5 Å². The minimum atomic E-state index is -0.107. The zero-order chi connectivity index (χ0) is 20.4. The molecule has 6 nitrogen and oxygen atoms in total. The van der Waals surface area contributed by atoms with Crippen LogP contribution in [0.25, 0.3) is 10.2 Å². The third-order valence-corrected chi connectivity index (χ3v) is 6.66. The van der Waals surface area contributed by atoms with Crippen LogP contribution in [-0.2, 0) is 11.2 Å². The van der Waals surface area contributed by atoms with E-state index in [1.165, 1.54) is 17.8 Å². The third-order valence-electron chi connectivity index (χ3n) is 5.56. The number of hydrogen-bond donors (Lipinski definition) is 2. The van der Waals surface area contributed by atoms with Crippen LogP contribution in [0.5, 0.6) is 0 Å². The lowest BCUT2D eigenvalue weighted by Crippen LogP contribution is -2.47. The summed E-state index contributed by atoms with van der Waals surface area (Å²) in [5.74, 6) is 2.02. The van der Waals surface area contributed by atoms with E-state index in [0.29, 0.717) is 35.9 Å². The number of nitrogens with zero attached hydrogens (tertiary/aromatic N) is 2. The average molecular weight is 405 g/mol. The number of likely N-dealkylation sites (tertiary alicyclic amines) is 1. The third kappa shape index (κ3) is 5.00. The topological polar surface area (TPSA) is 78.1 Å². The highest BCUT2D eigenvalue weighted by Crippen LogP contribution is 2.25. The smallest absolute Gasteiger partial charge is 0.259 e. The molecule has 154 valence electrons. The van der Waals surface area contributed by atoms with Gasteiger partial charge in [0.15, 0.2) is 0 Å². The number of amides is 1. The van der Waals surface area contributed by atoms with E-state index in [1.54, 1.807) is 0 Å². The Morgan fingerprint density at radius 1 is 1.32 bits per heavy atom. The molecule has 3 rings (SSSR count). The fourth-order valence-corrected chi connectivity index (χ4v) is 5.42. The number of carbonyl (C=O) groups excluding carboxylic acids is 1. The number of H-pyrrole nitrogens is 1. The van der Waals surface area contributed by atoms with E-state index in [9.17, 15) is 9.59 Å². The molecule has 0 aliphatic carbocycles. The van der Waals surface area contributed by atoms with Crippen LogP contribution in [0.1, 0.15) is 49.9 Å². The summed E-state index contributed by atoms with van der Waals surface area (Å²) >= 11 is 1.53. The van der Waals surface area contributed by atoms with Gasteiger partial charge in [-0.1, -0.05) is 13.8 Å². The maximum Gasteiger partial charge on any atom is 0.259 e. The highest BCUT2D eigenvalue weighted by atomic mass is 32.1. The summed E-state index contributed by atoms with van der Waals surface area (Å²) in [5, 5.41) is 3.77. The zero-order valence-electron chi connectivity index (χ0n) is 17.6. The number of thiophene rings is 1. The summed E-state index contributed by atoms with van der Waals surface area (Å²) in [6.45, 7) is 13.7. The molecule has 1 fully saturated rings. The van der Waals surface area contributed by atoms with Crippen molar-refractivity contribution in [1.29, 1.82) is 0 Å². The van der Waals surface area contributed by atoms with Crippen molar-refractivity contribution in [2.45, 2.75) is 59.9 Å². The number of nitrogens with one attached hydrogen (secondary N) is 2. The van der Waals surface area contributed by atoms with Gasteiger partial charge in [0, 0.05) is 43.4 Å². The van der Waals surface area contributed by atoms with Gasteiger partial charge >= 0.3 is 0 Å². The van der Waals surface area contributed by atoms with Gasteiger partial charge in [-0.05, 0) is 44.6 Å². The predicted octanol–water partition coefficient (Wildman–Crippen LogP) is 3.02. The summed E-state index contributed by atoms with van der Waals surface area (Å²) in [7, 11) is 0. The Bertz CT molecular complexity index is 894. The van der Waals surface area contributed by atoms with Gasteiger partial charge in [-0.15, -0.1) is 11.3 Å². The van der Waals surface area contributed by atoms with Gasteiger partial charge in [0.1, 0.15) is 10.7 Å². The average Bonchev–Trinajstić information content (AvgIpc) is 2.86. The SMILES string of the molecule is Cc1sc2nc(CCC(=O)NC(C)CN3CC(C)CC(C)C3)[nH]c(=O)c2c1C. The lowest BCUT2D eigenvalue weighted by atomic mass is 9.92. The Morgan fingerprint density at radius 2 is 2.00 bits per heavy atom. The van der Waals surface area contributed by atoms with E-state index >= 15 is 0 Å². The molecule has 1 aliphatic rings. The van der Waals surface area contributed by atoms with Crippen LogP contribution in [0.15, 0.2) is 4.79 Å². The molecule has 3 heterocycles. The molecule has 0 saturated carbocycles. The molecule has 1 amide bonds. The second kappa shape index (κ2) is 8.74. The van der Waals surface area contributed by atoms with Crippen LogP contribution in [-0.4, -0.2) is 46.5 Å². The first-order valence-corrected chi connectivity index (χ1v) is 11.0. The van der Waals surface area contributed by atoms with E-state index in [1.807, 2.05) is 13.8 Å². The number of piperidine rings is 1. The van der Waals surface area contributed by atoms with E-state index in [2.05, 4.69) is 41.0 Å². The molecular weight excluding hydrogens is 372 g/mol. The van der Waals surface area contributed by atoms with Gasteiger partial charge in [0.2, 0.25) is 5.91 Å². The maximum absolute atomic E-state index is 12.4. The van der Waals surface area contributed by atoms with Crippen LogP contribution < -0.4 is 10.9 Å². The number of aromatic amines is 1. The second-order valence-corrected chi connectivity index (χ2v) is 9.81. The summed E-state index contributed by atoms with van der Waals surface area (Å²) in [6.07, 6.45) is 2.06. The Morgan fingerprint density at radius 3 is 2.68 bits per heavy atom. The Balaban J connectivity index is 1.52. The Kier molecular flexibility index (Phi) is 6.55.